The average Bonchev–Trinajstić information content (AvgIpc) is 2.44. The Morgan fingerprint density at radius 2 is 1.89 bits per heavy atom. The van der Waals surface area contributed by atoms with E-state index in [1.807, 2.05) is 13.8 Å². The van der Waals surface area contributed by atoms with Crippen LogP contribution in [0.5, 0.6) is 0 Å². The molecule has 0 saturated heterocycles. The fourth-order valence-electron chi connectivity index (χ4n) is 2.14. The Hall–Kier alpha value is -0.170. The van der Waals surface area contributed by atoms with Gasteiger partial charge in [0, 0.05) is 5.54 Å². The van der Waals surface area contributed by atoms with Crippen LogP contribution in [0.15, 0.2) is 10.4 Å². The molecule has 0 spiro atoms. The quantitative estimate of drug-likeness (QED) is 0.928. The summed E-state index contributed by atoms with van der Waals surface area (Å²) in [6, 6.07) is 0. The maximum absolute atomic E-state index is 12.1. The minimum absolute atomic E-state index is 0.0391. The molecule has 0 saturated carbocycles. The van der Waals surface area contributed by atoms with Crippen LogP contribution in [-0.2, 0) is 10.0 Å². The summed E-state index contributed by atoms with van der Waals surface area (Å²) in [7, 11) is -3.55. The van der Waals surface area contributed by atoms with Crippen molar-refractivity contribution in [3.63, 3.8) is 0 Å². The third-order valence-electron chi connectivity index (χ3n) is 2.10. The number of halogens is 1. The minimum Gasteiger partial charge on any atom is -0.232 e. The largest absolute Gasteiger partial charge is 0.252 e. The highest BCUT2D eigenvalue weighted by molar-refractivity contribution is 7.91. The Labute approximate surface area is 118 Å². The average molecular weight is 311 g/mol. The number of hydrogen-bond donors (Lipinski definition) is 1. The smallest absolute Gasteiger partial charge is 0.232 e. The number of rotatable bonds is 4. The van der Waals surface area contributed by atoms with E-state index < -0.39 is 15.6 Å². The van der Waals surface area contributed by atoms with Crippen LogP contribution in [0.2, 0.25) is 4.47 Å². The van der Waals surface area contributed by atoms with Gasteiger partial charge in [-0.15, -0.1) is 0 Å². The molecule has 1 rings (SSSR count). The Balaban J connectivity index is 2.90. The normalized spacial score (nSPS) is 13.9. The molecule has 0 aliphatic carbocycles. The summed E-state index contributed by atoms with van der Waals surface area (Å²) in [6.07, 6.45) is 2.01. The van der Waals surface area contributed by atoms with Crippen LogP contribution in [0.4, 0.5) is 0 Å². The molecular weight excluding hydrogens is 292 g/mol. The number of aromatic nitrogens is 1. The number of nitrogens with one attached hydrogen (secondary N) is 1. The summed E-state index contributed by atoms with van der Waals surface area (Å²) >= 11 is 6.62. The Morgan fingerprint density at radius 1 is 1.33 bits per heavy atom. The topological polar surface area (TPSA) is 59.1 Å². The van der Waals surface area contributed by atoms with E-state index >= 15 is 0 Å². The van der Waals surface area contributed by atoms with Crippen molar-refractivity contribution in [1.29, 1.82) is 0 Å². The second-order valence-corrected chi connectivity index (χ2v) is 9.68. The number of hydrogen-bond acceptors (Lipinski definition) is 4. The molecule has 0 aromatic carbocycles. The van der Waals surface area contributed by atoms with E-state index in [9.17, 15) is 8.42 Å². The first-order valence-corrected chi connectivity index (χ1v) is 8.24. The van der Waals surface area contributed by atoms with Crippen LogP contribution >= 0.6 is 22.9 Å². The number of sulfonamides is 1. The molecule has 0 atom stereocenters. The molecule has 18 heavy (non-hydrogen) atoms. The maximum atomic E-state index is 12.1. The van der Waals surface area contributed by atoms with Crippen molar-refractivity contribution in [2.24, 2.45) is 5.41 Å². The lowest BCUT2D eigenvalue weighted by Gasteiger charge is -2.32. The lowest BCUT2D eigenvalue weighted by atomic mass is 9.82. The third kappa shape index (κ3) is 4.84. The van der Waals surface area contributed by atoms with Gasteiger partial charge in [0.15, 0.2) is 8.68 Å². The summed E-state index contributed by atoms with van der Waals surface area (Å²) in [6.45, 7) is 9.97. The minimum atomic E-state index is -3.55. The van der Waals surface area contributed by atoms with Gasteiger partial charge in [-0.2, -0.15) is 0 Å². The molecule has 0 bridgehead atoms. The van der Waals surface area contributed by atoms with E-state index in [-0.39, 0.29) is 14.1 Å². The van der Waals surface area contributed by atoms with Gasteiger partial charge in [-0.25, -0.2) is 18.1 Å². The summed E-state index contributed by atoms with van der Waals surface area (Å²) < 4.78 is 27.4. The van der Waals surface area contributed by atoms with Gasteiger partial charge >= 0.3 is 0 Å². The van der Waals surface area contributed by atoms with Crippen molar-refractivity contribution < 1.29 is 8.42 Å². The van der Waals surface area contributed by atoms with Crippen molar-refractivity contribution in [2.45, 2.75) is 50.8 Å². The van der Waals surface area contributed by atoms with Gasteiger partial charge in [-0.3, -0.25) is 0 Å². The molecule has 0 radical (unpaired) electrons. The van der Waals surface area contributed by atoms with E-state index in [1.54, 1.807) is 0 Å². The van der Waals surface area contributed by atoms with Gasteiger partial charge in [-0.05, 0) is 25.7 Å². The van der Waals surface area contributed by atoms with Crippen LogP contribution in [0.25, 0.3) is 0 Å². The molecule has 0 amide bonds. The summed E-state index contributed by atoms with van der Waals surface area (Å²) in [5, 5.41) is 0. The molecule has 7 heteroatoms. The van der Waals surface area contributed by atoms with Crippen LogP contribution in [0.3, 0.4) is 0 Å². The predicted molar refractivity (Wildman–Crippen MR) is 75.6 cm³/mol. The zero-order valence-corrected chi connectivity index (χ0v) is 13.6. The van der Waals surface area contributed by atoms with Gasteiger partial charge in [0.25, 0.3) is 10.0 Å². The third-order valence-corrected chi connectivity index (χ3v) is 5.38. The Morgan fingerprint density at radius 3 is 2.28 bits per heavy atom. The van der Waals surface area contributed by atoms with Crippen molar-refractivity contribution in [3.05, 3.63) is 10.7 Å². The van der Waals surface area contributed by atoms with E-state index in [2.05, 4.69) is 30.5 Å². The molecule has 1 N–H and O–H groups in total. The second-order valence-electron chi connectivity index (χ2n) is 6.16. The van der Waals surface area contributed by atoms with Crippen molar-refractivity contribution in [2.75, 3.05) is 0 Å². The zero-order chi connectivity index (χ0) is 14.2. The molecule has 1 aromatic rings. The zero-order valence-electron chi connectivity index (χ0n) is 11.2. The van der Waals surface area contributed by atoms with Crippen LogP contribution < -0.4 is 4.72 Å². The summed E-state index contributed by atoms with van der Waals surface area (Å²) in [4.78, 5) is 3.75. The fraction of sp³-hybridized carbons (Fsp3) is 0.727. The fourth-order valence-corrected chi connectivity index (χ4v) is 4.84. The van der Waals surface area contributed by atoms with E-state index in [0.717, 1.165) is 17.8 Å². The van der Waals surface area contributed by atoms with Gasteiger partial charge in [0.1, 0.15) is 0 Å². The lowest BCUT2D eigenvalue weighted by molar-refractivity contribution is 0.269. The van der Waals surface area contributed by atoms with Crippen LogP contribution in [0.1, 0.15) is 41.0 Å². The van der Waals surface area contributed by atoms with Crippen molar-refractivity contribution in [1.82, 2.24) is 9.71 Å². The van der Waals surface area contributed by atoms with Gasteiger partial charge in [0.05, 0.1) is 6.20 Å². The van der Waals surface area contributed by atoms with E-state index in [0.29, 0.717) is 0 Å². The predicted octanol–water partition coefficient (Wildman–Crippen LogP) is 3.29. The molecule has 104 valence electrons. The van der Waals surface area contributed by atoms with Crippen LogP contribution in [0, 0.1) is 5.41 Å². The molecule has 4 nitrogen and oxygen atoms in total. The SMILES string of the molecule is CC(C)(C)CC(C)(C)NS(=O)(=O)c1cnc(Cl)s1. The van der Waals surface area contributed by atoms with Gasteiger partial charge in [0.2, 0.25) is 0 Å². The van der Waals surface area contributed by atoms with Crippen LogP contribution in [-0.4, -0.2) is 18.9 Å². The Bertz CT molecular complexity index is 515. The maximum Gasteiger partial charge on any atom is 0.252 e. The van der Waals surface area contributed by atoms with Crippen molar-refractivity contribution >= 4 is 33.0 Å². The molecule has 0 fully saturated rings. The van der Waals surface area contributed by atoms with E-state index in [4.69, 9.17) is 11.6 Å². The highest BCUT2D eigenvalue weighted by atomic mass is 35.5. The van der Waals surface area contributed by atoms with Gasteiger partial charge in [-0.1, -0.05) is 43.7 Å². The molecule has 0 unspecified atom stereocenters. The highest BCUT2D eigenvalue weighted by Gasteiger charge is 2.31. The molecule has 0 aliphatic rings. The van der Waals surface area contributed by atoms with Crippen molar-refractivity contribution in [3.8, 4) is 0 Å². The Kier molecular flexibility index (Phi) is 4.48. The first-order chi connectivity index (χ1) is 7.91. The first-order valence-electron chi connectivity index (χ1n) is 5.57. The standard InChI is InChI=1S/C11H19ClN2O2S2/c1-10(2,3)7-11(4,5)14-18(15,16)8-6-13-9(12)17-8/h6,14H,7H2,1-5H3. The highest BCUT2D eigenvalue weighted by Crippen LogP contribution is 2.29. The second kappa shape index (κ2) is 5.07. The number of nitrogens with zero attached hydrogens (tertiary/aromatic N) is 1. The monoisotopic (exact) mass is 310 g/mol. The molecule has 0 aliphatic heterocycles. The molecular formula is C11H19ClN2O2S2. The number of thiazole rings is 1. The summed E-state index contributed by atoms with van der Waals surface area (Å²) in [5.74, 6) is 0. The summed E-state index contributed by atoms with van der Waals surface area (Å²) in [5.41, 5.74) is -0.481. The molecule has 1 aromatic heterocycles. The molecule has 1 heterocycles. The van der Waals surface area contributed by atoms with E-state index in [1.165, 1.54) is 6.20 Å². The van der Waals surface area contributed by atoms with Gasteiger partial charge < -0.3 is 0 Å². The first kappa shape index (κ1) is 15.9. The lowest BCUT2D eigenvalue weighted by Crippen LogP contribution is -2.45.